The molecule has 0 aliphatic heterocycles. The maximum atomic E-state index is 13.0. The Bertz CT molecular complexity index is 1720. The highest BCUT2D eigenvalue weighted by molar-refractivity contribution is 7.47. The van der Waals surface area contributed by atoms with E-state index < -0.39 is 97.5 Å². The number of unbranched alkanes of at least 4 members (excludes halogenated alkanes) is 33. The lowest BCUT2D eigenvalue weighted by Crippen LogP contribution is -2.30. The molecule has 19 heteroatoms. The van der Waals surface area contributed by atoms with E-state index in [2.05, 4.69) is 48.5 Å². The van der Waals surface area contributed by atoms with Gasteiger partial charge in [-0.3, -0.25) is 37.3 Å². The van der Waals surface area contributed by atoms with Crippen molar-refractivity contribution in [1.82, 2.24) is 0 Å². The number of hydrogen-bond acceptors (Lipinski definition) is 15. The molecule has 17 nitrogen and oxygen atoms in total. The van der Waals surface area contributed by atoms with Gasteiger partial charge in [-0.05, 0) is 43.4 Å². The van der Waals surface area contributed by atoms with E-state index in [4.69, 9.17) is 37.0 Å². The lowest BCUT2D eigenvalue weighted by molar-refractivity contribution is -0.161. The molecule has 0 aromatic rings. The Kier molecular flexibility index (Phi) is 57.8. The third kappa shape index (κ3) is 61.3. The Balaban J connectivity index is 5.25. The highest BCUT2D eigenvalue weighted by atomic mass is 31.2. The Labute approximate surface area is 530 Å². The van der Waals surface area contributed by atoms with Gasteiger partial charge in [0.05, 0.1) is 26.4 Å². The van der Waals surface area contributed by atoms with E-state index in [0.29, 0.717) is 25.7 Å². The van der Waals surface area contributed by atoms with Crippen molar-refractivity contribution in [3.63, 3.8) is 0 Å². The number of ether oxygens (including phenoxy) is 4. The smallest absolute Gasteiger partial charge is 0.462 e. The molecule has 0 heterocycles. The van der Waals surface area contributed by atoms with Gasteiger partial charge in [0, 0.05) is 25.7 Å². The van der Waals surface area contributed by atoms with Crippen LogP contribution in [0.3, 0.4) is 0 Å². The molecule has 3 unspecified atom stereocenters. The van der Waals surface area contributed by atoms with Crippen LogP contribution >= 0.6 is 15.6 Å². The van der Waals surface area contributed by atoms with Gasteiger partial charge in [0.15, 0.2) is 12.2 Å². The van der Waals surface area contributed by atoms with Crippen LogP contribution in [-0.2, 0) is 65.4 Å². The first-order valence-corrected chi connectivity index (χ1v) is 38.4. The Hall–Kier alpha value is -1.94. The molecular weight excluding hydrogens is 1150 g/mol. The predicted octanol–water partition coefficient (Wildman–Crippen LogP) is 19.1. The summed E-state index contributed by atoms with van der Waals surface area (Å²) in [7, 11) is -9.90. The summed E-state index contributed by atoms with van der Waals surface area (Å²) in [6.45, 7) is 11.8. The molecule has 0 aliphatic rings. The lowest BCUT2D eigenvalue weighted by atomic mass is 10.00. The van der Waals surface area contributed by atoms with Crippen LogP contribution in [0.1, 0.15) is 337 Å². The van der Waals surface area contributed by atoms with E-state index in [1.54, 1.807) is 0 Å². The Morgan fingerprint density at radius 2 is 0.586 bits per heavy atom. The zero-order valence-corrected chi connectivity index (χ0v) is 58.3. The van der Waals surface area contributed by atoms with Crippen LogP contribution in [0.2, 0.25) is 0 Å². The molecule has 0 saturated carbocycles. The fraction of sp³-hybridized carbons (Fsp3) is 0.941. The molecule has 87 heavy (non-hydrogen) atoms. The minimum atomic E-state index is -4.95. The SMILES string of the molecule is CCCCCCCCCCCCC(=O)OC[C@H](COP(=O)(O)OC[C@H](O)COP(=O)(O)OC[C@@H](COC(=O)CCCCCCCCCCCC(C)C)OC(=O)CCCCCCCCCCCCCCC(C)C)OC(=O)CCCCCCCCC(C)CC. The number of esters is 4. The fourth-order valence-corrected chi connectivity index (χ4v) is 11.7. The number of aliphatic hydroxyl groups is 1. The summed E-state index contributed by atoms with van der Waals surface area (Å²) in [6, 6.07) is 0. The van der Waals surface area contributed by atoms with Crippen molar-refractivity contribution in [3.8, 4) is 0 Å². The lowest BCUT2D eigenvalue weighted by Gasteiger charge is -2.21. The summed E-state index contributed by atoms with van der Waals surface area (Å²) in [5, 5.41) is 10.6. The monoisotopic (exact) mass is 1280 g/mol. The molecular formula is C68H132O17P2. The Morgan fingerprint density at radius 1 is 0.333 bits per heavy atom. The van der Waals surface area contributed by atoms with Crippen molar-refractivity contribution < 1.29 is 80.2 Å². The molecule has 6 atom stereocenters. The zero-order chi connectivity index (χ0) is 64.5. The number of aliphatic hydroxyl groups excluding tert-OH is 1. The predicted molar refractivity (Wildman–Crippen MR) is 349 cm³/mol. The van der Waals surface area contributed by atoms with Gasteiger partial charge in [0.25, 0.3) is 0 Å². The van der Waals surface area contributed by atoms with Crippen molar-refractivity contribution in [2.75, 3.05) is 39.6 Å². The Morgan fingerprint density at radius 3 is 0.874 bits per heavy atom. The van der Waals surface area contributed by atoms with Crippen LogP contribution in [0.4, 0.5) is 0 Å². The second-order valence-corrected chi connectivity index (χ2v) is 28.7. The van der Waals surface area contributed by atoms with E-state index in [1.807, 2.05) is 0 Å². The number of rotatable bonds is 66. The molecule has 0 amide bonds. The number of phosphoric ester groups is 2. The molecule has 0 aromatic heterocycles. The second kappa shape index (κ2) is 59.1. The van der Waals surface area contributed by atoms with Gasteiger partial charge in [-0.1, -0.05) is 286 Å². The zero-order valence-electron chi connectivity index (χ0n) is 56.5. The average Bonchev–Trinajstić information content (AvgIpc) is 3.70. The number of hydrogen-bond donors (Lipinski definition) is 3. The fourth-order valence-electron chi connectivity index (χ4n) is 10.2. The first-order chi connectivity index (χ1) is 41.8. The molecule has 0 aromatic carbocycles. The molecule has 0 spiro atoms. The van der Waals surface area contributed by atoms with Crippen molar-refractivity contribution in [1.29, 1.82) is 0 Å². The van der Waals surface area contributed by atoms with Gasteiger partial charge in [-0.15, -0.1) is 0 Å². The highest BCUT2D eigenvalue weighted by Crippen LogP contribution is 2.45. The molecule has 0 saturated heterocycles. The van der Waals surface area contributed by atoms with Crippen LogP contribution in [0, 0.1) is 17.8 Å². The first kappa shape index (κ1) is 85.1. The van der Waals surface area contributed by atoms with E-state index in [-0.39, 0.29) is 25.7 Å². The van der Waals surface area contributed by atoms with E-state index in [9.17, 15) is 43.2 Å². The third-order valence-electron chi connectivity index (χ3n) is 16.0. The summed E-state index contributed by atoms with van der Waals surface area (Å²) in [6.07, 6.45) is 41.7. The maximum absolute atomic E-state index is 13.0. The van der Waals surface area contributed by atoms with Gasteiger partial charge in [0.1, 0.15) is 19.3 Å². The van der Waals surface area contributed by atoms with Gasteiger partial charge in [-0.2, -0.15) is 0 Å². The van der Waals surface area contributed by atoms with Crippen LogP contribution in [0.15, 0.2) is 0 Å². The molecule has 0 aliphatic carbocycles. The summed E-state index contributed by atoms with van der Waals surface area (Å²) in [5.74, 6) is 0.109. The van der Waals surface area contributed by atoms with Gasteiger partial charge >= 0.3 is 39.5 Å². The van der Waals surface area contributed by atoms with Crippen molar-refractivity contribution in [2.24, 2.45) is 17.8 Å². The molecule has 516 valence electrons. The number of phosphoric acid groups is 2. The third-order valence-corrected chi connectivity index (χ3v) is 17.9. The van der Waals surface area contributed by atoms with Crippen LogP contribution in [0.25, 0.3) is 0 Å². The largest absolute Gasteiger partial charge is 0.472 e. The van der Waals surface area contributed by atoms with Crippen molar-refractivity contribution in [3.05, 3.63) is 0 Å². The number of carbonyl (C=O) groups excluding carboxylic acids is 4. The van der Waals surface area contributed by atoms with E-state index in [0.717, 1.165) is 108 Å². The van der Waals surface area contributed by atoms with Crippen LogP contribution < -0.4 is 0 Å². The summed E-state index contributed by atoms with van der Waals surface area (Å²) >= 11 is 0. The topological polar surface area (TPSA) is 237 Å². The van der Waals surface area contributed by atoms with Crippen LogP contribution in [-0.4, -0.2) is 96.7 Å². The second-order valence-electron chi connectivity index (χ2n) is 25.8. The van der Waals surface area contributed by atoms with Crippen molar-refractivity contribution >= 4 is 39.5 Å². The minimum absolute atomic E-state index is 0.103. The molecule has 0 rings (SSSR count). The maximum Gasteiger partial charge on any atom is 0.472 e. The molecule has 0 radical (unpaired) electrons. The van der Waals surface area contributed by atoms with Gasteiger partial charge in [-0.25, -0.2) is 9.13 Å². The standard InChI is InChI=1S/C68H132O17P2/c1-8-10-11-12-13-14-22-27-35-42-49-65(70)79-56-64(85-68(73)52-45-38-31-30-34-41-48-61(7)9-2)58-83-87(76,77)81-54-62(69)53-80-86(74,75)82-57-63(55-78-66(71)50-43-36-28-24-19-21-26-33-40-47-60(5)6)84-67(72)51-44-37-29-23-18-16-15-17-20-25-32-39-46-59(3)4/h59-64,69H,8-58H2,1-7H3,(H,74,75)(H,76,77)/t61?,62-,63-,64-/m1/s1. The summed E-state index contributed by atoms with van der Waals surface area (Å²) in [5.41, 5.74) is 0. The highest BCUT2D eigenvalue weighted by Gasteiger charge is 2.30. The molecule has 3 N–H and O–H groups in total. The minimum Gasteiger partial charge on any atom is -0.462 e. The van der Waals surface area contributed by atoms with E-state index in [1.165, 1.54) is 148 Å². The number of carbonyl (C=O) groups is 4. The van der Waals surface area contributed by atoms with Gasteiger partial charge < -0.3 is 33.8 Å². The summed E-state index contributed by atoms with van der Waals surface area (Å²) < 4.78 is 68.2. The molecule has 0 fully saturated rings. The summed E-state index contributed by atoms with van der Waals surface area (Å²) in [4.78, 5) is 72.4. The van der Waals surface area contributed by atoms with Crippen LogP contribution in [0.5, 0.6) is 0 Å². The van der Waals surface area contributed by atoms with Gasteiger partial charge in [0.2, 0.25) is 0 Å². The van der Waals surface area contributed by atoms with E-state index >= 15 is 0 Å². The normalized spacial score (nSPS) is 14.6. The average molecular weight is 1280 g/mol. The molecule has 0 bridgehead atoms. The van der Waals surface area contributed by atoms with Crippen molar-refractivity contribution in [2.45, 2.75) is 356 Å². The first-order valence-electron chi connectivity index (χ1n) is 35.4. The quantitative estimate of drug-likeness (QED) is 0.0222.